The van der Waals surface area contributed by atoms with Gasteiger partial charge in [-0.25, -0.2) is 5.01 Å². The Morgan fingerprint density at radius 2 is 0.716 bits per heavy atom. The standard InChI is InChI=1S/C50H111N17/c51-17-20-55-26-38-66(50-15-2-3-16-50)39-27-58-25-35-63(45-46-67(54)40-28-57-22-21-56-23-24-59-47-9-6-10-47)32-5-1-4-31-62(33-18-52)41-43-65(37-30-61-49-13-8-14-49)44-42-64(34-19-53)36-29-60-48-11-7-12-48/h47-50,55-61H,1-46,51-54H2. The normalized spacial score (nSPS) is 17.6. The first kappa shape index (κ1) is 58.9. The van der Waals surface area contributed by atoms with E-state index in [1.54, 1.807) is 0 Å². The molecule has 0 heterocycles. The Kier molecular flexibility index (Phi) is 35.0. The van der Waals surface area contributed by atoms with E-state index in [0.29, 0.717) is 13.1 Å². The minimum Gasteiger partial charge on any atom is -0.329 e. The first-order chi connectivity index (χ1) is 33.1. The van der Waals surface area contributed by atoms with Gasteiger partial charge in [0.2, 0.25) is 0 Å². The zero-order valence-electron chi connectivity index (χ0n) is 43.3. The van der Waals surface area contributed by atoms with Gasteiger partial charge in [0, 0.05) is 207 Å². The molecule has 0 aromatic carbocycles. The first-order valence-electron chi connectivity index (χ1n) is 28.3. The summed E-state index contributed by atoms with van der Waals surface area (Å²) in [5.74, 6) is 6.57. The molecule has 0 saturated heterocycles. The van der Waals surface area contributed by atoms with Crippen molar-refractivity contribution >= 4 is 0 Å². The highest BCUT2D eigenvalue weighted by Crippen LogP contribution is 2.23. The van der Waals surface area contributed by atoms with Gasteiger partial charge in [0.05, 0.1) is 0 Å². The largest absolute Gasteiger partial charge is 0.329 e. The molecule has 4 rings (SSSR count). The summed E-state index contributed by atoms with van der Waals surface area (Å²) in [5.41, 5.74) is 18.0. The van der Waals surface area contributed by atoms with E-state index in [1.807, 2.05) is 5.01 Å². The quantitative estimate of drug-likeness (QED) is 0.0210. The zero-order valence-corrected chi connectivity index (χ0v) is 43.3. The third kappa shape index (κ3) is 28.8. The van der Waals surface area contributed by atoms with Crippen LogP contribution >= 0.6 is 0 Å². The number of nitrogens with zero attached hydrogens (tertiary/aromatic N) is 6. The second kappa shape index (κ2) is 39.9. The number of hydrazine groups is 1. The van der Waals surface area contributed by atoms with Gasteiger partial charge >= 0.3 is 0 Å². The van der Waals surface area contributed by atoms with Crippen LogP contribution in [0.25, 0.3) is 0 Å². The molecule has 67 heavy (non-hydrogen) atoms. The summed E-state index contributed by atoms with van der Waals surface area (Å²) in [6.07, 6.45) is 21.3. The summed E-state index contributed by atoms with van der Waals surface area (Å²) in [6, 6.07) is 2.97. The van der Waals surface area contributed by atoms with Crippen LogP contribution in [0, 0.1) is 0 Å². The van der Waals surface area contributed by atoms with Crippen molar-refractivity contribution in [3.8, 4) is 0 Å². The Labute approximate surface area is 411 Å². The maximum Gasteiger partial charge on any atom is 0.0257 e. The van der Waals surface area contributed by atoms with Crippen molar-refractivity contribution in [2.75, 3.05) is 196 Å². The highest BCUT2D eigenvalue weighted by molar-refractivity contribution is 4.81. The maximum absolute atomic E-state index is 6.57. The van der Waals surface area contributed by atoms with E-state index in [-0.39, 0.29) is 0 Å². The van der Waals surface area contributed by atoms with Gasteiger partial charge in [-0.05, 0) is 77.3 Å². The SMILES string of the molecule is NCCNCCN(CCNCCN(CCCCCN(CCN)CCN(CCNC1CCC1)CCN(CCN)CCNC1CCC1)CCN(N)CCNCCNCCNC1CCC1)C1CCCC1. The number of nitrogens with one attached hydrogen (secondary N) is 7. The van der Waals surface area contributed by atoms with Gasteiger partial charge < -0.3 is 64.2 Å². The Hall–Kier alpha value is -0.680. The summed E-state index contributed by atoms with van der Waals surface area (Å²) in [7, 11) is 0. The molecule has 4 fully saturated rings. The molecule has 15 N–H and O–H groups in total. The average molecular weight is 951 g/mol. The summed E-state index contributed by atoms with van der Waals surface area (Å²) >= 11 is 0. The molecule has 0 bridgehead atoms. The molecule has 17 nitrogen and oxygen atoms in total. The molecule has 17 heteroatoms. The topological polar surface area (TPSA) is 208 Å². The first-order valence-corrected chi connectivity index (χ1v) is 28.3. The van der Waals surface area contributed by atoms with Gasteiger partial charge in [0.15, 0.2) is 0 Å². The number of rotatable bonds is 49. The minimum atomic E-state index is 0.704. The third-order valence-corrected chi connectivity index (χ3v) is 15.3. The number of hydrogen-bond acceptors (Lipinski definition) is 17. The predicted molar refractivity (Wildman–Crippen MR) is 285 cm³/mol. The van der Waals surface area contributed by atoms with E-state index in [4.69, 9.17) is 23.0 Å². The molecule has 0 spiro atoms. The molecule has 0 radical (unpaired) electrons. The zero-order chi connectivity index (χ0) is 47.3. The lowest BCUT2D eigenvalue weighted by Crippen LogP contribution is -2.47. The van der Waals surface area contributed by atoms with Crippen LogP contribution in [0.4, 0.5) is 0 Å². The van der Waals surface area contributed by atoms with Crippen molar-refractivity contribution < 1.29 is 0 Å². The minimum absolute atomic E-state index is 0.704. The van der Waals surface area contributed by atoms with Crippen LogP contribution in [-0.2, 0) is 0 Å². The molecule has 0 aliphatic heterocycles. The highest BCUT2D eigenvalue weighted by Gasteiger charge is 2.22. The van der Waals surface area contributed by atoms with Gasteiger partial charge in [-0.3, -0.25) is 20.5 Å². The monoisotopic (exact) mass is 950 g/mol. The second-order valence-corrected chi connectivity index (χ2v) is 20.5. The van der Waals surface area contributed by atoms with Crippen molar-refractivity contribution in [3.05, 3.63) is 0 Å². The number of nitrogens with two attached hydrogens (primary N) is 4. The van der Waals surface area contributed by atoms with Crippen molar-refractivity contribution in [2.24, 2.45) is 23.0 Å². The lowest BCUT2D eigenvalue weighted by atomic mass is 9.93. The third-order valence-electron chi connectivity index (χ3n) is 15.3. The fourth-order valence-electron chi connectivity index (χ4n) is 9.99. The average Bonchev–Trinajstić information content (AvgIpc) is 3.83. The molecule has 0 aromatic rings. The fourth-order valence-corrected chi connectivity index (χ4v) is 9.99. The number of hydrogen-bond donors (Lipinski definition) is 11. The smallest absolute Gasteiger partial charge is 0.0257 e. The Balaban J connectivity index is 1.16. The van der Waals surface area contributed by atoms with Crippen LogP contribution in [0.1, 0.15) is 103 Å². The van der Waals surface area contributed by atoms with E-state index in [1.165, 1.54) is 103 Å². The van der Waals surface area contributed by atoms with E-state index >= 15 is 0 Å². The molecule has 0 unspecified atom stereocenters. The van der Waals surface area contributed by atoms with Gasteiger partial charge in [-0.2, -0.15) is 0 Å². The fraction of sp³-hybridized carbons (Fsp3) is 1.00. The van der Waals surface area contributed by atoms with Gasteiger partial charge in [0.1, 0.15) is 0 Å². The molecule has 0 amide bonds. The molecule has 4 aliphatic carbocycles. The van der Waals surface area contributed by atoms with Crippen LogP contribution < -0.4 is 60.3 Å². The van der Waals surface area contributed by atoms with Crippen LogP contribution in [0.15, 0.2) is 0 Å². The van der Waals surface area contributed by atoms with Crippen molar-refractivity contribution in [1.29, 1.82) is 0 Å². The molecular weight excluding hydrogens is 839 g/mol. The molecule has 4 saturated carbocycles. The Morgan fingerprint density at radius 1 is 0.313 bits per heavy atom. The van der Waals surface area contributed by atoms with Crippen molar-refractivity contribution in [1.82, 2.24) is 66.7 Å². The van der Waals surface area contributed by atoms with Crippen molar-refractivity contribution in [2.45, 2.75) is 127 Å². The molecule has 0 atom stereocenters. The van der Waals surface area contributed by atoms with E-state index in [0.717, 1.165) is 207 Å². The maximum atomic E-state index is 6.57. The molecular formula is C50H111N17. The molecule has 0 aromatic heterocycles. The summed E-state index contributed by atoms with van der Waals surface area (Å²) in [5, 5.41) is 27.7. The van der Waals surface area contributed by atoms with Gasteiger partial charge in [-0.1, -0.05) is 38.5 Å². The van der Waals surface area contributed by atoms with E-state index in [2.05, 4.69) is 61.7 Å². The van der Waals surface area contributed by atoms with E-state index < -0.39 is 0 Å². The van der Waals surface area contributed by atoms with Gasteiger partial charge in [0.25, 0.3) is 0 Å². The lowest BCUT2D eigenvalue weighted by Gasteiger charge is -2.32. The van der Waals surface area contributed by atoms with Crippen LogP contribution in [0.2, 0.25) is 0 Å². The highest BCUT2D eigenvalue weighted by atomic mass is 15.4. The summed E-state index contributed by atoms with van der Waals surface area (Å²) in [4.78, 5) is 13.3. The summed E-state index contributed by atoms with van der Waals surface area (Å²) in [6.45, 7) is 30.0. The molecule has 4 aliphatic rings. The Morgan fingerprint density at radius 3 is 1.24 bits per heavy atom. The van der Waals surface area contributed by atoms with Gasteiger partial charge in [-0.15, -0.1) is 0 Å². The molecule has 396 valence electrons. The van der Waals surface area contributed by atoms with Crippen molar-refractivity contribution in [3.63, 3.8) is 0 Å². The lowest BCUT2D eigenvalue weighted by molar-refractivity contribution is 0.171. The van der Waals surface area contributed by atoms with Crippen LogP contribution in [-0.4, -0.2) is 250 Å². The Bertz CT molecular complexity index is 1100. The van der Waals surface area contributed by atoms with Crippen LogP contribution in [0.5, 0.6) is 0 Å². The summed E-state index contributed by atoms with van der Waals surface area (Å²) < 4.78 is 0. The van der Waals surface area contributed by atoms with E-state index in [9.17, 15) is 0 Å². The second-order valence-electron chi connectivity index (χ2n) is 20.5. The number of unbranched alkanes of at least 4 members (excludes halogenated alkanes) is 2. The van der Waals surface area contributed by atoms with Crippen LogP contribution in [0.3, 0.4) is 0 Å². The predicted octanol–water partition coefficient (Wildman–Crippen LogP) is -0.554.